The Balaban J connectivity index is 1.71. The van der Waals surface area contributed by atoms with Crippen LogP contribution in [0.4, 0.5) is 10.1 Å². The lowest BCUT2D eigenvalue weighted by Gasteiger charge is -2.36. The van der Waals surface area contributed by atoms with Crippen LogP contribution < -0.4 is 10.2 Å². The molecule has 0 saturated carbocycles. The fourth-order valence-electron chi connectivity index (χ4n) is 5.01. The fraction of sp³-hybridized carbons (Fsp3) is 0.393. The van der Waals surface area contributed by atoms with Gasteiger partial charge in [0.2, 0.25) is 0 Å². The van der Waals surface area contributed by atoms with Crippen molar-refractivity contribution in [3.63, 3.8) is 0 Å². The van der Waals surface area contributed by atoms with Gasteiger partial charge in [-0.05, 0) is 38.9 Å². The lowest BCUT2D eigenvalue weighted by atomic mass is 10.1. The highest BCUT2D eigenvalue weighted by atomic mass is 19.1. The molecule has 0 radical (unpaired) electrons. The molecule has 0 bridgehead atoms. The van der Waals surface area contributed by atoms with Gasteiger partial charge in [0.15, 0.2) is 0 Å². The minimum atomic E-state index is -0.254. The van der Waals surface area contributed by atoms with E-state index < -0.39 is 0 Å². The Bertz CT molecular complexity index is 1130. The molecule has 1 amide bonds. The molecule has 2 heterocycles. The Kier molecular flexibility index (Phi) is 7.37. The zero-order valence-electron chi connectivity index (χ0n) is 20.6. The van der Waals surface area contributed by atoms with Crippen LogP contribution in [0.2, 0.25) is 0 Å². The van der Waals surface area contributed by atoms with Gasteiger partial charge < -0.3 is 19.7 Å². The van der Waals surface area contributed by atoms with E-state index in [0.717, 1.165) is 55.2 Å². The highest BCUT2D eigenvalue weighted by molar-refractivity contribution is 5.97. The first kappa shape index (κ1) is 24.0. The van der Waals surface area contributed by atoms with Crippen LogP contribution in [0.25, 0.3) is 0 Å². The molecular formula is C28H35FN4O. The van der Waals surface area contributed by atoms with Gasteiger partial charge in [-0.2, -0.15) is 0 Å². The van der Waals surface area contributed by atoms with Gasteiger partial charge in [-0.3, -0.25) is 4.79 Å². The molecule has 1 atom stereocenters. The highest BCUT2D eigenvalue weighted by Crippen LogP contribution is 2.33. The Labute approximate surface area is 202 Å². The molecule has 0 aliphatic carbocycles. The molecule has 6 heteroatoms. The summed E-state index contributed by atoms with van der Waals surface area (Å²) in [6, 6.07) is 16.6. The Morgan fingerprint density at radius 3 is 2.29 bits per heavy atom. The second-order valence-electron chi connectivity index (χ2n) is 9.11. The van der Waals surface area contributed by atoms with Crippen LogP contribution in [-0.2, 0) is 6.54 Å². The lowest BCUT2D eigenvalue weighted by Crippen LogP contribution is -2.46. The molecule has 1 aliphatic heterocycles. The van der Waals surface area contributed by atoms with E-state index in [9.17, 15) is 9.18 Å². The molecule has 1 saturated heterocycles. The van der Waals surface area contributed by atoms with Crippen LogP contribution in [0.5, 0.6) is 0 Å². The van der Waals surface area contributed by atoms with Crippen molar-refractivity contribution in [1.82, 2.24) is 14.8 Å². The SMILES string of the molecule is CCN1CCN(c2c(C)c(C(=O)NC(C)c3ccccc3)n(Cc3ccccc3F)c2C)CC1. The Morgan fingerprint density at radius 1 is 1.00 bits per heavy atom. The summed E-state index contributed by atoms with van der Waals surface area (Å²) in [5.74, 6) is -0.387. The first-order valence-corrected chi connectivity index (χ1v) is 12.2. The molecule has 1 aliphatic rings. The number of piperazine rings is 1. The maximum absolute atomic E-state index is 14.6. The normalized spacial score (nSPS) is 15.4. The molecule has 3 aromatic rings. The van der Waals surface area contributed by atoms with Crippen molar-refractivity contribution in [2.45, 2.75) is 40.3 Å². The van der Waals surface area contributed by atoms with Gasteiger partial charge in [0.05, 0.1) is 18.3 Å². The van der Waals surface area contributed by atoms with Gasteiger partial charge in [-0.15, -0.1) is 0 Å². The minimum Gasteiger partial charge on any atom is -0.367 e. The van der Waals surface area contributed by atoms with Crippen molar-refractivity contribution in [3.05, 3.63) is 88.5 Å². The van der Waals surface area contributed by atoms with Crippen LogP contribution in [-0.4, -0.2) is 48.1 Å². The second kappa shape index (κ2) is 10.4. The summed E-state index contributed by atoms with van der Waals surface area (Å²) in [5.41, 5.74) is 5.29. The summed E-state index contributed by atoms with van der Waals surface area (Å²) in [5, 5.41) is 3.17. The number of likely N-dealkylation sites (N-methyl/N-ethyl adjacent to an activating group) is 1. The number of rotatable bonds is 7. The van der Waals surface area contributed by atoms with Crippen molar-refractivity contribution >= 4 is 11.6 Å². The van der Waals surface area contributed by atoms with Gasteiger partial charge in [-0.1, -0.05) is 55.5 Å². The van der Waals surface area contributed by atoms with Crippen LogP contribution in [0.15, 0.2) is 54.6 Å². The van der Waals surface area contributed by atoms with E-state index in [1.807, 2.05) is 61.7 Å². The van der Waals surface area contributed by atoms with Gasteiger partial charge >= 0.3 is 0 Å². The van der Waals surface area contributed by atoms with E-state index in [2.05, 4.69) is 22.0 Å². The average Bonchev–Trinajstić information content (AvgIpc) is 3.10. The maximum Gasteiger partial charge on any atom is 0.268 e. The summed E-state index contributed by atoms with van der Waals surface area (Å²) >= 11 is 0. The number of anilines is 1. The third-order valence-electron chi connectivity index (χ3n) is 7.01. The molecule has 5 nitrogen and oxygen atoms in total. The second-order valence-corrected chi connectivity index (χ2v) is 9.11. The van der Waals surface area contributed by atoms with E-state index >= 15 is 0 Å². The monoisotopic (exact) mass is 462 g/mol. The van der Waals surface area contributed by atoms with Gasteiger partial charge in [0.1, 0.15) is 11.5 Å². The number of hydrogen-bond donors (Lipinski definition) is 1. The van der Waals surface area contributed by atoms with Crippen LogP contribution in [0.3, 0.4) is 0 Å². The fourth-order valence-corrected chi connectivity index (χ4v) is 5.01. The highest BCUT2D eigenvalue weighted by Gasteiger charge is 2.28. The van der Waals surface area contributed by atoms with Crippen LogP contribution in [0, 0.1) is 19.7 Å². The summed E-state index contributed by atoms with van der Waals surface area (Å²) in [4.78, 5) is 18.5. The number of hydrogen-bond acceptors (Lipinski definition) is 3. The number of nitrogens with zero attached hydrogens (tertiary/aromatic N) is 3. The Morgan fingerprint density at radius 2 is 1.65 bits per heavy atom. The number of nitrogens with one attached hydrogen (secondary N) is 1. The van der Waals surface area contributed by atoms with Crippen molar-refractivity contribution in [2.75, 3.05) is 37.6 Å². The largest absolute Gasteiger partial charge is 0.367 e. The number of halogens is 1. The molecule has 1 aromatic heterocycles. The molecule has 2 aromatic carbocycles. The molecular weight excluding hydrogens is 427 g/mol. The number of benzene rings is 2. The van der Waals surface area contributed by atoms with Crippen LogP contribution in [0.1, 0.15) is 52.8 Å². The summed E-state index contributed by atoms with van der Waals surface area (Å²) in [7, 11) is 0. The predicted octanol–water partition coefficient (Wildman–Crippen LogP) is 4.93. The number of aromatic nitrogens is 1. The third-order valence-corrected chi connectivity index (χ3v) is 7.01. The standard InChI is InChI=1S/C28H35FN4O/c1-5-31-15-17-32(18-16-31)26-20(2)27(28(34)30-21(3)23-11-7-6-8-12-23)33(22(26)4)19-24-13-9-10-14-25(24)29/h6-14,21H,5,15-19H2,1-4H3,(H,30,34). The van der Waals surface area contributed by atoms with E-state index in [1.165, 1.54) is 6.07 Å². The molecule has 34 heavy (non-hydrogen) atoms. The van der Waals surface area contributed by atoms with Crippen molar-refractivity contribution < 1.29 is 9.18 Å². The zero-order valence-corrected chi connectivity index (χ0v) is 20.6. The number of carbonyl (C=O) groups excluding carboxylic acids is 1. The Hall–Kier alpha value is -3.12. The molecule has 180 valence electrons. The third kappa shape index (κ3) is 4.87. The maximum atomic E-state index is 14.6. The predicted molar refractivity (Wildman–Crippen MR) is 136 cm³/mol. The summed E-state index contributed by atoms with van der Waals surface area (Å²) < 4.78 is 16.6. The average molecular weight is 463 g/mol. The first-order valence-electron chi connectivity index (χ1n) is 12.2. The zero-order chi connectivity index (χ0) is 24.2. The van der Waals surface area contributed by atoms with Gasteiger partial charge in [0.25, 0.3) is 5.91 Å². The van der Waals surface area contributed by atoms with Crippen molar-refractivity contribution in [1.29, 1.82) is 0 Å². The van der Waals surface area contributed by atoms with Crippen molar-refractivity contribution in [3.8, 4) is 0 Å². The molecule has 4 rings (SSSR count). The molecule has 1 unspecified atom stereocenters. The van der Waals surface area contributed by atoms with E-state index in [0.29, 0.717) is 17.8 Å². The first-order chi connectivity index (χ1) is 16.4. The molecule has 0 spiro atoms. The van der Waals surface area contributed by atoms with Crippen LogP contribution >= 0.6 is 0 Å². The van der Waals surface area contributed by atoms with E-state index in [4.69, 9.17) is 0 Å². The topological polar surface area (TPSA) is 40.5 Å². The van der Waals surface area contributed by atoms with Gasteiger partial charge in [-0.25, -0.2) is 4.39 Å². The number of amides is 1. The molecule has 1 fully saturated rings. The van der Waals surface area contributed by atoms with E-state index in [-0.39, 0.29) is 17.8 Å². The van der Waals surface area contributed by atoms with E-state index in [1.54, 1.807) is 12.1 Å². The summed E-state index contributed by atoms with van der Waals surface area (Å²) in [6.45, 7) is 13.4. The molecule has 1 N–H and O–H groups in total. The smallest absolute Gasteiger partial charge is 0.268 e. The quantitative estimate of drug-likeness (QED) is 0.542. The lowest BCUT2D eigenvalue weighted by molar-refractivity contribution is 0.0930. The van der Waals surface area contributed by atoms with Crippen molar-refractivity contribution in [2.24, 2.45) is 0 Å². The number of carbonyl (C=O) groups is 1. The van der Waals surface area contributed by atoms with Gasteiger partial charge in [0, 0.05) is 43.0 Å². The summed E-state index contributed by atoms with van der Waals surface area (Å²) in [6.07, 6.45) is 0. The minimum absolute atomic E-state index is 0.133.